The monoisotopic (exact) mass is 319 g/mol. The first-order valence-corrected chi connectivity index (χ1v) is 8.64. The minimum absolute atomic E-state index is 0.00870. The normalized spacial score (nSPS) is 19.7. The van der Waals surface area contributed by atoms with Crippen LogP contribution in [0.25, 0.3) is 0 Å². The third kappa shape index (κ3) is 3.66. The van der Waals surface area contributed by atoms with Crippen LogP contribution < -0.4 is 5.73 Å². The summed E-state index contributed by atoms with van der Waals surface area (Å²) >= 11 is 0. The summed E-state index contributed by atoms with van der Waals surface area (Å²) in [6.45, 7) is 8.97. The van der Waals surface area contributed by atoms with Crippen LogP contribution in [0.5, 0.6) is 0 Å². The number of carbonyl (C=O) groups excluding carboxylic acids is 2. The largest absolute Gasteiger partial charge is 0.354 e. The summed E-state index contributed by atoms with van der Waals surface area (Å²) in [4.78, 5) is 30.0. The molecule has 0 radical (unpaired) electrons. The highest BCUT2D eigenvalue weighted by Crippen LogP contribution is 2.25. The molecule has 0 aliphatic carbocycles. The summed E-state index contributed by atoms with van der Waals surface area (Å²) in [5.74, 6) is 0.383. The van der Waals surface area contributed by atoms with Gasteiger partial charge in [-0.1, -0.05) is 13.3 Å². The number of aromatic amines is 1. The number of nitrogens with one attached hydrogen (secondary N) is 1. The van der Waals surface area contributed by atoms with E-state index >= 15 is 0 Å². The lowest BCUT2D eigenvalue weighted by Crippen LogP contribution is -2.45. The molecule has 128 valence electrons. The number of nitrogens with two attached hydrogens (primary N) is 1. The number of amides is 1. The molecule has 2 heterocycles. The van der Waals surface area contributed by atoms with E-state index < -0.39 is 0 Å². The van der Waals surface area contributed by atoms with Crippen molar-refractivity contribution in [1.82, 2.24) is 9.88 Å². The van der Waals surface area contributed by atoms with Crippen molar-refractivity contribution < 1.29 is 9.59 Å². The lowest BCUT2D eigenvalue weighted by atomic mass is 9.91. The van der Waals surface area contributed by atoms with Crippen molar-refractivity contribution in [3.05, 3.63) is 22.5 Å². The van der Waals surface area contributed by atoms with Gasteiger partial charge in [0.1, 0.15) is 5.69 Å². The number of piperidine rings is 1. The fourth-order valence-electron chi connectivity index (χ4n) is 3.62. The molecule has 1 fully saturated rings. The van der Waals surface area contributed by atoms with Crippen molar-refractivity contribution in [2.75, 3.05) is 13.1 Å². The average molecular weight is 319 g/mol. The molecule has 1 aliphatic rings. The van der Waals surface area contributed by atoms with E-state index in [0.717, 1.165) is 43.5 Å². The number of ketones is 1. The second kappa shape index (κ2) is 7.30. The standard InChI is InChI=1S/C18H29N3O2/c1-5-7-15-16(13(4)22)12(3)20-17(15)18(23)21-9-6-8-14(10-21)11(2)19/h11,14,20H,5-10,19H2,1-4H3/t11-,14-/m0/s1. The van der Waals surface area contributed by atoms with Gasteiger partial charge in [0, 0.05) is 30.4 Å². The molecule has 2 rings (SSSR count). The molecular weight excluding hydrogens is 290 g/mol. The van der Waals surface area contributed by atoms with Gasteiger partial charge in [0.25, 0.3) is 5.91 Å². The van der Waals surface area contributed by atoms with Crippen LogP contribution >= 0.6 is 0 Å². The number of nitrogens with zero attached hydrogens (tertiary/aromatic N) is 1. The molecular formula is C18H29N3O2. The van der Waals surface area contributed by atoms with E-state index in [1.54, 1.807) is 6.92 Å². The highest BCUT2D eigenvalue weighted by Gasteiger charge is 2.30. The van der Waals surface area contributed by atoms with Crippen molar-refractivity contribution in [2.45, 2.75) is 59.4 Å². The molecule has 1 amide bonds. The fraction of sp³-hybridized carbons (Fsp3) is 0.667. The maximum absolute atomic E-state index is 13.0. The molecule has 5 heteroatoms. The maximum Gasteiger partial charge on any atom is 0.270 e. The van der Waals surface area contributed by atoms with E-state index in [4.69, 9.17) is 5.73 Å². The second-order valence-corrected chi connectivity index (χ2v) is 6.80. The van der Waals surface area contributed by atoms with Crippen molar-refractivity contribution in [3.8, 4) is 0 Å². The summed E-state index contributed by atoms with van der Waals surface area (Å²) in [5, 5.41) is 0. The van der Waals surface area contributed by atoms with Crippen LogP contribution in [-0.4, -0.2) is 40.7 Å². The topological polar surface area (TPSA) is 79.2 Å². The Morgan fingerprint density at radius 2 is 2.13 bits per heavy atom. The molecule has 5 nitrogen and oxygen atoms in total. The molecule has 3 N–H and O–H groups in total. The molecule has 1 aromatic heterocycles. The van der Waals surface area contributed by atoms with Crippen LogP contribution in [0, 0.1) is 12.8 Å². The van der Waals surface area contributed by atoms with Gasteiger partial charge in [0.2, 0.25) is 0 Å². The molecule has 0 spiro atoms. The van der Waals surface area contributed by atoms with E-state index in [9.17, 15) is 9.59 Å². The zero-order chi connectivity index (χ0) is 17.1. The highest BCUT2D eigenvalue weighted by atomic mass is 16.2. The molecule has 1 aliphatic heterocycles. The Bertz CT molecular complexity index is 589. The molecule has 1 saturated heterocycles. The van der Waals surface area contributed by atoms with Crippen LogP contribution in [0.4, 0.5) is 0 Å². The number of hydrogen-bond donors (Lipinski definition) is 2. The smallest absolute Gasteiger partial charge is 0.270 e. The maximum atomic E-state index is 13.0. The zero-order valence-corrected chi connectivity index (χ0v) is 14.7. The van der Waals surface area contributed by atoms with E-state index in [-0.39, 0.29) is 17.7 Å². The molecule has 0 bridgehead atoms. The van der Waals surface area contributed by atoms with Crippen LogP contribution in [0.2, 0.25) is 0 Å². The fourth-order valence-corrected chi connectivity index (χ4v) is 3.62. The van der Waals surface area contributed by atoms with Gasteiger partial charge in [-0.15, -0.1) is 0 Å². The van der Waals surface area contributed by atoms with Gasteiger partial charge in [-0.05, 0) is 51.5 Å². The number of hydrogen-bond acceptors (Lipinski definition) is 3. The van der Waals surface area contributed by atoms with Crippen LogP contribution in [0.1, 0.15) is 72.1 Å². The van der Waals surface area contributed by atoms with Gasteiger partial charge < -0.3 is 15.6 Å². The summed E-state index contributed by atoms with van der Waals surface area (Å²) in [6, 6.07) is 0.0962. The SMILES string of the molecule is CCCc1c(C(=O)N2CCC[C@H]([C@H](C)N)C2)[nH]c(C)c1C(C)=O. The quantitative estimate of drug-likeness (QED) is 0.819. The number of aryl methyl sites for hydroxylation is 1. The van der Waals surface area contributed by atoms with Gasteiger partial charge in [0.05, 0.1) is 0 Å². The van der Waals surface area contributed by atoms with E-state index in [1.165, 1.54) is 0 Å². The third-order valence-corrected chi connectivity index (χ3v) is 4.85. The lowest BCUT2D eigenvalue weighted by molar-refractivity contribution is 0.0654. The number of H-pyrrole nitrogens is 1. The Morgan fingerprint density at radius 3 is 2.70 bits per heavy atom. The minimum atomic E-state index is 0.00870. The number of carbonyl (C=O) groups is 2. The Morgan fingerprint density at radius 1 is 1.43 bits per heavy atom. The number of aromatic nitrogens is 1. The van der Waals surface area contributed by atoms with E-state index in [0.29, 0.717) is 23.7 Å². The van der Waals surface area contributed by atoms with Crippen molar-refractivity contribution in [3.63, 3.8) is 0 Å². The van der Waals surface area contributed by atoms with E-state index in [2.05, 4.69) is 11.9 Å². The molecule has 0 aromatic carbocycles. The van der Waals surface area contributed by atoms with E-state index in [1.807, 2.05) is 18.7 Å². The van der Waals surface area contributed by atoms with Crippen LogP contribution in [0.15, 0.2) is 0 Å². The Labute approximate surface area is 138 Å². The predicted molar refractivity (Wildman–Crippen MR) is 91.8 cm³/mol. The van der Waals surface area contributed by atoms with Crippen molar-refractivity contribution >= 4 is 11.7 Å². The first-order valence-electron chi connectivity index (χ1n) is 8.64. The molecule has 1 aromatic rings. The lowest BCUT2D eigenvalue weighted by Gasteiger charge is -2.34. The van der Waals surface area contributed by atoms with Gasteiger partial charge in [-0.3, -0.25) is 9.59 Å². The summed E-state index contributed by atoms with van der Waals surface area (Å²) in [7, 11) is 0. The first-order chi connectivity index (χ1) is 10.9. The summed E-state index contributed by atoms with van der Waals surface area (Å²) < 4.78 is 0. The molecule has 0 saturated carbocycles. The van der Waals surface area contributed by atoms with Crippen molar-refractivity contribution in [1.29, 1.82) is 0 Å². The van der Waals surface area contributed by atoms with Gasteiger partial charge in [-0.25, -0.2) is 0 Å². The summed E-state index contributed by atoms with van der Waals surface area (Å²) in [5.41, 5.74) is 8.99. The zero-order valence-electron chi connectivity index (χ0n) is 14.7. The Hall–Kier alpha value is -1.62. The van der Waals surface area contributed by atoms with Crippen molar-refractivity contribution in [2.24, 2.45) is 11.7 Å². The molecule has 23 heavy (non-hydrogen) atoms. The molecule has 2 atom stereocenters. The van der Waals surface area contributed by atoms with Gasteiger partial charge >= 0.3 is 0 Å². The van der Waals surface area contributed by atoms with Crippen LogP contribution in [0.3, 0.4) is 0 Å². The van der Waals surface area contributed by atoms with Gasteiger partial charge in [-0.2, -0.15) is 0 Å². The predicted octanol–water partition coefficient (Wildman–Crippen LogP) is 2.68. The average Bonchev–Trinajstić information content (AvgIpc) is 2.83. The first kappa shape index (κ1) is 17.7. The number of rotatable bonds is 5. The second-order valence-electron chi connectivity index (χ2n) is 6.80. The van der Waals surface area contributed by atoms with Gasteiger partial charge in [0.15, 0.2) is 5.78 Å². The third-order valence-electron chi connectivity index (χ3n) is 4.85. The Balaban J connectivity index is 2.31. The van der Waals surface area contributed by atoms with Crippen LogP contribution in [-0.2, 0) is 6.42 Å². The summed E-state index contributed by atoms with van der Waals surface area (Å²) in [6.07, 6.45) is 3.71. The minimum Gasteiger partial charge on any atom is -0.354 e. The Kier molecular flexibility index (Phi) is 5.63. The number of Topliss-reactive ketones (excluding diaryl/α,β-unsaturated/α-hetero) is 1. The number of likely N-dealkylation sites (tertiary alicyclic amines) is 1. The molecule has 0 unspecified atom stereocenters. The highest BCUT2D eigenvalue weighted by molar-refractivity contribution is 6.02.